The first-order valence-corrected chi connectivity index (χ1v) is 9.74. The lowest BCUT2D eigenvalue weighted by Gasteiger charge is -2.17. The van der Waals surface area contributed by atoms with E-state index in [0.717, 1.165) is 30.9 Å². The Hall–Kier alpha value is -3.22. The second-order valence-corrected chi connectivity index (χ2v) is 7.16. The largest absolute Gasteiger partial charge is 0.496 e. The Morgan fingerprint density at radius 2 is 2.00 bits per heavy atom. The van der Waals surface area contributed by atoms with Crippen LogP contribution in [0.3, 0.4) is 0 Å². The molecule has 1 N–H and O–H groups in total. The highest BCUT2D eigenvalue weighted by molar-refractivity contribution is 5.97. The molecule has 7 heteroatoms. The highest BCUT2D eigenvalue weighted by Gasteiger charge is 2.24. The van der Waals surface area contributed by atoms with Gasteiger partial charge in [-0.3, -0.25) is 4.79 Å². The van der Waals surface area contributed by atoms with Gasteiger partial charge in [0.15, 0.2) is 0 Å². The summed E-state index contributed by atoms with van der Waals surface area (Å²) < 4.78 is 21.5. The number of carbonyl (C=O) groups is 1. The fraction of sp³-hybridized carbons (Fsp3) is 0.318. The summed E-state index contributed by atoms with van der Waals surface area (Å²) in [4.78, 5) is 12.7. The summed E-state index contributed by atoms with van der Waals surface area (Å²) >= 11 is 0. The summed E-state index contributed by atoms with van der Waals surface area (Å²) in [6, 6.07) is 14.5. The van der Waals surface area contributed by atoms with Crippen LogP contribution in [0.25, 0.3) is 0 Å². The maximum Gasteiger partial charge on any atom is 0.258 e. The monoisotopic (exact) mass is 394 g/mol. The van der Waals surface area contributed by atoms with E-state index >= 15 is 0 Å². The predicted octanol–water partition coefficient (Wildman–Crippen LogP) is 3.15. The van der Waals surface area contributed by atoms with Crippen LogP contribution in [-0.2, 0) is 19.4 Å². The molecule has 150 valence electrons. The smallest absolute Gasteiger partial charge is 0.258 e. The number of amides is 1. The van der Waals surface area contributed by atoms with E-state index in [-0.39, 0.29) is 17.4 Å². The number of benzene rings is 2. The number of ether oxygens (including phenoxy) is 1. The van der Waals surface area contributed by atoms with Crippen molar-refractivity contribution in [1.82, 2.24) is 20.1 Å². The van der Waals surface area contributed by atoms with Crippen LogP contribution >= 0.6 is 0 Å². The summed E-state index contributed by atoms with van der Waals surface area (Å²) in [5.41, 5.74) is 1.13. The number of carbonyl (C=O) groups excluding carboxylic acids is 1. The van der Waals surface area contributed by atoms with Gasteiger partial charge in [-0.2, -0.15) is 0 Å². The maximum atomic E-state index is 14.2. The normalized spacial score (nSPS) is 16.0. The number of hydrogen-bond acceptors (Lipinski definition) is 4. The van der Waals surface area contributed by atoms with Gasteiger partial charge >= 0.3 is 0 Å². The molecule has 0 aliphatic carbocycles. The fourth-order valence-corrected chi connectivity index (χ4v) is 3.75. The summed E-state index contributed by atoms with van der Waals surface area (Å²) in [6.07, 6.45) is 2.89. The van der Waals surface area contributed by atoms with Crippen molar-refractivity contribution in [2.45, 2.75) is 38.3 Å². The number of fused-ring (bicyclic) bond motifs is 1. The Balaban J connectivity index is 1.45. The molecule has 3 aromatic rings. The Morgan fingerprint density at radius 1 is 1.17 bits per heavy atom. The van der Waals surface area contributed by atoms with Crippen LogP contribution in [-0.4, -0.2) is 33.8 Å². The van der Waals surface area contributed by atoms with Crippen LogP contribution in [0.5, 0.6) is 5.75 Å². The van der Waals surface area contributed by atoms with E-state index in [1.165, 1.54) is 24.8 Å². The molecule has 2 aromatic carbocycles. The van der Waals surface area contributed by atoms with Gasteiger partial charge in [0, 0.05) is 25.4 Å². The van der Waals surface area contributed by atoms with E-state index in [1.807, 2.05) is 18.2 Å². The molecule has 1 unspecified atom stereocenters. The van der Waals surface area contributed by atoms with E-state index in [0.29, 0.717) is 13.0 Å². The third kappa shape index (κ3) is 4.13. The lowest BCUT2D eigenvalue weighted by Crippen LogP contribution is -2.36. The Bertz CT molecular complexity index is 1000. The van der Waals surface area contributed by atoms with Crippen LogP contribution in [0.2, 0.25) is 0 Å². The second-order valence-electron chi connectivity index (χ2n) is 7.16. The molecule has 0 fully saturated rings. The van der Waals surface area contributed by atoms with Crippen molar-refractivity contribution in [3.63, 3.8) is 0 Å². The first kappa shape index (κ1) is 19.1. The molecular formula is C22H23FN4O2. The van der Waals surface area contributed by atoms with E-state index in [2.05, 4.69) is 32.2 Å². The van der Waals surface area contributed by atoms with Gasteiger partial charge in [0.2, 0.25) is 0 Å². The third-order valence-electron chi connectivity index (χ3n) is 5.28. The van der Waals surface area contributed by atoms with E-state index in [1.54, 1.807) is 6.07 Å². The van der Waals surface area contributed by atoms with Gasteiger partial charge in [0.1, 0.15) is 28.8 Å². The molecule has 1 aromatic heterocycles. The van der Waals surface area contributed by atoms with Crippen molar-refractivity contribution in [3.8, 4) is 5.75 Å². The zero-order valence-corrected chi connectivity index (χ0v) is 16.3. The van der Waals surface area contributed by atoms with Crippen molar-refractivity contribution in [2.75, 3.05) is 7.11 Å². The molecular weight excluding hydrogens is 371 g/mol. The van der Waals surface area contributed by atoms with Gasteiger partial charge in [0.25, 0.3) is 5.91 Å². The summed E-state index contributed by atoms with van der Waals surface area (Å²) in [6.45, 7) is 0.712. The molecule has 1 atom stereocenters. The highest BCUT2D eigenvalue weighted by atomic mass is 19.1. The van der Waals surface area contributed by atoms with Crippen molar-refractivity contribution in [2.24, 2.45) is 0 Å². The highest BCUT2D eigenvalue weighted by Crippen LogP contribution is 2.22. The van der Waals surface area contributed by atoms with Gasteiger partial charge in [0.05, 0.1) is 7.11 Å². The molecule has 0 saturated heterocycles. The van der Waals surface area contributed by atoms with Gasteiger partial charge in [-0.25, -0.2) is 4.39 Å². The summed E-state index contributed by atoms with van der Waals surface area (Å²) in [5.74, 6) is 1.05. The zero-order chi connectivity index (χ0) is 20.2. The minimum absolute atomic E-state index is 0.0524. The first-order chi connectivity index (χ1) is 14.2. The molecule has 0 radical (unpaired) electrons. The fourth-order valence-electron chi connectivity index (χ4n) is 3.75. The summed E-state index contributed by atoms with van der Waals surface area (Å²) in [7, 11) is 1.43. The average Bonchev–Trinajstić information content (AvgIpc) is 2.99. The molecule has 0 spiro atoms. The van der Waals surface area contributed by atoms with Crippen molar-refractivity contribution in [1.29, 1.82) is 0 Å². The number of halogens is 1. The number of methoxy groups -OCH3 is 1. The van der Waals surface area contributed by atoms with E-state index < -0.39 is 11.7 Å². The number of aryl methyl sites for hydroxylation is 1. The van der Waals surface area contributed by atoms with Crippen molar-refractivity contribution < 1.29 is 13.9 Å². The zero-order valence-electron chi connectivity index (χ0n) is 16.3. The first-order valence-electron chi connectivity index (χ1n) is 9.74. The molecule has 1 aliphatic rings. The van der Waals surface area contributed by atoms with Gasteiger partial charge in [-0.1, -0.05) is 36.4 Å². The number of nitrogens with zero attached hydrogens (tertiary/aromatic N) is 3. The number of nitrogens with one attached hydrogen (secondary N) is 1. The Kier molecular flexibility index (Phi) is 5.55. The molecule has 6 nitrogen and oxygen atoms in total. The van der Waals surface area contributed by atoms with Crippen molar-refractivity contribution in [3.05, 3.63) is 77.1 Å². The van der Waals surface area contributed by atoms with Gasteiger partial charge in [-0.05, 0) is 30.5 Å². The van der Waals surface area contributed by atoms with Crippen LogP contribution < -0.4 is 10.1 Å². The number of rotatable bonds is 5. The Morgan fingerprint density at radius 3 is 2.79 bits per heavy atom. The average molecular weight is 394 g/mol. The number of aromatic nitrogens is 3. The standard InChI is InChI=1S/C22H23FN4O2/c1-29-18-9-5-8-17(23)21(18)22(28)24-16-10-11-19-25-26-20(27(19)13-12-16)14-15-6-3-2-4-7-15/h2-9,16H,10-14H2,1H3,(H,24,28). The van der Waals surface area contributed by atoms with Gasteiger partial charge in [-0.15, -0.1) is 10.2 Å². The molecule has 1 amide bonds. The molecule has 0 bridgehead atoms. The minimum atomic E-state index is -0.585. The molecule has 4 rings (SSSR count). The van der Waals surface area contributed by atoms with E-state index in [9.17, 15) is 9.18 Å². The maximum absolute atomic E-state index is 14.2. The molecule has 29 heavy (non-hydrogen) atoms. The van der Waals surface area contributed by atoms with Crippen LogP contribution in [0.15, 0.2) is 48.5 Å². The molecule has 0 saturated carbocycles. The van der Waals surface area contributed by atoms with Crippen LogP contribution in [0.4, 0.5) is 4.39 Å². The lowest BCUT2D eigenvalue weighted by atomic mass is 10.1. The summed E-state index contributed by atoms with van der Waals surface area (Å²) in [5, 5.41) is 11.7. The number of hydrogen-bond donors (Lipinski definition) is 1. The van der Waals surface area contributed by atoms with E-state index in [4.69, 9.17) is 4.74 Å². The topological polar surface area (TPSA) is 69.0 Å². The predicted molar refractivity (Wildman–Crippen MR) is 106 cm³/mol. The third-order valence-corrected chi connectivity index (χ3v) is 5.28. The SMILES string of the molecule is COc1cccc(F)c1C(=O)NC1CCc2nnc(Cc3ccccc3)n2CC1. The molecule has 1 aliphatic heterocycles. The minimum Gasteiger partial charge on any atom is -0.496 e. The van der Waals surface area contributed by atoms with Gasteiger partial charge < -0.3 is 14.6 Å². The van der Waals surface area contributed by atoms with Crippen molar-refractivity contribution >= 4 is 5.91 Å². The Labute approximate surface area is 168 Å². The molecule has 2 heterocycles. The second kappa shape index (κ2) is 8.43. The quantitative estimate of drug-likeness (QED) is 0.722. The van der Waals surface area contributed by atoms with Crippen LogP contribution in [0, 0.1) is 5.82 Å². The van der Waals surface area contributed by atoms with Crippen LogP contribution in [0.1, 0.15) is 40.4 Å². The lowest BCUT2D eigenvalue weighted by molar-refractivity contribution is 0.0925.